The van der Waals surface area contributed by atoms with Crippen molar-refractivity contribution in [2.24, 2.45) is 0 Å². The molecule has 3 heterocycles. The third-order valence-electron chi connectivity index (χ3n) is 10.5. The molecule has 0 aliphatic heterocycles. The Morgan fingerprint density at radius 3 is 2.07 bits per heavy atom. The molecule has 0 aliphatic rings. The number of aromatic hydroxyl groups is 1. The van der Waals surface area contributed by atoms with Crippen LogP contribution in [-0.4, -0.2) is 19.6 Å². The number of phenolic OH excluding ortho intramolecular Hbond substituents is 1. The fourth-order valence-electron chi connectivity index (χ4n) is 7.63. The van der Waals surface area contributed by atoms with Crippen molar-refractivity contribution >= 4 is 33.0 Å². The maximum Gasteiger partial charge on any atom is 0.148 e. The van der Waals surface area contributed by atoms with E-state index in [1.807, 2.05) is 54.7 Å². The molecule has 56 heavy (non-hydrogen) atoms. The van der Waals surface area contributed by atoms with Gasteiger partial charge in [0.25, 0.3) is 0 Å². The number of furan rings is 1. The topological polar surface area (TPSA) is 64.1 Å². The first kappa shape index (κ1) is 37.2. The molecule has 0 amide bonds. The molecule has 6 heteroatoms. The number of para-hydroxylation sites is 3. The van der Waals surface area contributed by atoms with E-state index in [-0.39, 0.29) is 37.6 Å². The van der Waals surface area contributed by atoms with Gasteiger partial charge in [-0.25, -0.2) is 4.98 Å². The number of benzene rings is 6. The monoisotopic (exact) mass is 911 g/mol. The zero-order chi connectivity index (χ0) is 38.1. The van der Waals surface area contributed by atoms with E-state index in [0.29, 0.717) is 11.4 Å². The summed E-state index contributed by atoms with van der Waals surface area (Å²) in [6.45, 7) is 13.1. The minimum atomic E-state index is -0.297. The number of hydrogen-bond donors (Lipinski definition) is 1. The van der Waals surface area contributed by atoms with Crippen molar-refractivity contribution in [3.05, 3.63) is 157 Å². The summed E-state index contributed by atoms with van der Waals surface area (Å²) in [5, 5.41) is 14.2. The third-order valence-corrected chi connectivity index (χ3v) is 10.5. The summed E-state index contributed by atoms with van der Waals surface area (Å²) in [5.74, 6) is 0.926. The number of imidazole rings is 1. The van der Waals surface area contributed by atoms with Gasteiger partial charge in [-0.1, -0.05) is 143 Å². The summed E-state index contributed by atoms with van der Waals surface area (Å²) in [6.07, 6.45) is 1.85. The smallest absolute Gasteiger partial charge is 0.148 e. The van der Waals surface area contributed by atoms with Gasteiger partial charge in [-0.15, -0.1) is 23.8 Å². The van der Waals surface area contributed by atoms with Crippen molar-refractivity contribution in [2.75, 3.05) is 0 Å². The van der Waals surface area contributed by atoms with Crippen LogP contribution in [0.5, 0.6) is 5.75 Å². The number of pyridine rings is 1. The van der Waals surface area contributed by atoms with E-state index in [1.165, 1.54) is 0 Å². The normalized spacial score (nSPS) is 12.0. The van der Waals surface area contributed by atoms with Crippen molar-refractivity contribution in [2.45, 2.75) is 52.4 Å². The van der Waals surface area contributed by atoms with Gasteiger partial charge in [0.2, 0.25) is 0 Å². The van der Waals surface area contributed by atoms with E-state index in [0.717, 1.165) is 83.3 Å². The number of phenols is 1. The minimum Gasteiger partial charge on any atom is -0.507 e. The second-order valence-corrected chi connectivity index (χ2v) is 16.4. The molecule has 0 unspecified atom stereocenters. The molecule has 0 spiro atoms. The maximum absolute atomic E-state index is 12.1. The van der Waals surface area contributed by atoms with Gasteiger partial charge in [-0.05, 0) is 58.4 Å². The van der Waals surface area contributed by atoms with Gasteiger partial charge in [-0.3, -0.25) is 9.55 Å². The largest absolute Gasteiger partial charge is 0.507 e. The van der Waals surface area contributed by atoms with E-state index in [9.17, 15) is 5.11 Å². The van der Waals surface area contributed by atoms with Gasteiger partial charge in [-0.2, -0.15) is 0 Å². The molecule has 0 saturated heterocycles. The van der Waals surface area contributed by atoms with E-state index in [2.05, 4.69) is 137 Å². The summed E-state index contributed by atoms with van der Waals surface area (Å²) >= 11 is 0. The van der Waals surface area contributed by atoms with E-state index in [4.69, 9.17) is 14.4 Å². The van der Waals surface area contributed by atoms with E-state index in [1.54, 1.807) is 0 Å². The summed E-state index contributed by atoms with van der Waals surface area (Å²) in [5.41, 5.74) is 12.0. The molecule has 0 aliphatic carbocycles. The summed E-state index contributed by atoms with van der Waals surface area (Å²) in [4.78, 5) is 10.4. The molecular weight excluding hydrogens is 870 g/mol. The van der Waals surface area contributed by atoms with Crippen LogP contribution >= 0.6 is 0 Å². The molecule has 5 nitrogen and oxygen atoms in total. The van der Waals surface area contributed by atoms with Crippen LogP contribution in [0.3, 0.4) is 0 Å². The van der Waals surface area contributed by atoms with Crippen molar-refractivity contribution in [1.29, 1.82) is 0 Å². The first-order valence-corrected chi connectivity index (χ1v) is 18.8. The predicted molar refractivity (Wildman–Crippen MR) is 226 cm³/mol. The average Bonchev–Trinajstić information content (AvgIpc) is 3.77. The molecule has 280 valence electrons. The molecule has 0 atom stereocenters. The Kier molecular flexibility index (Phi) is 9.33. The average molecular weight is 912 g/mol. The summed E-state index contributed by atoms with van der Waals surface area (Å²) < 4.78 is 8.64. The molecular formula is C50H42N3O2Pt-. The van der Waals surface area contributed by atoms with Crippen LogP contribution in [0.25, 0.3) is 83.6 Å². The number of aromatic nitrogens is 3. The fraction of sp³-hybridized carbons (Fsp3) is 0.160. The molecule has 3 aromatic heterocycles. The minimum absolute atomic E-state index is 0. The van der Waals surface area contributed by atoms with Gasteiger partial charge in [0.05, 0.1) is 16.6 Å². The van der Waals surface area contributed by atoms with Crippen molar-refractivity contribution < 1.29 is 30.6 Å². The predicted octanol–water partition coefficient (Wildman–Crippen LogP) is 13.1. The third kappa shape index (κ3) is 6.44. The molecule has 9 rings (SSSR count). The Morgan fingerprint density at radius 2 is 1.34 bits per heavy atom. The van der Waals surface area contributed by atoms with Crippen molar-refractivity contribution in [3.8, 4) is 56.3 Å². The molecule has 0 fully saturated rings. The first-order chi connectivity index (χ1) is 26.5. The SMILES string of the molecule is CC(C)(C)c1cc(-c2nc3c(-c4[c-]c(-c5nccc6c5oc5ccccc56)cc(-c5ccccc5)c4)cccc3n2-c2ccccc2)c(O)c(C(C)(C)C)c1.[Pt]. The van der Waals surface area contributed by atoms with Gasteiger partial charge >= 0.3 is 0 Å². The van der Waals surface area contributed by atoms with Crippen molar-refractivity contribution in [3.63, 3.8) is 0 Å². The standard InChI is InChI=1S/C50H42N3O2.Pt/c1-49(2,3)35-29-40(46(54)41(30-35)50(4,5)6)48-52-45-37(21-15-22-42(45)53(48)36-18-11-8-12-19-36)33-26-32(31-16-9-7-10-17-31)27-34(28-33)44-47-39(24-25-51-44)38-20-13-14-23-43(38)55-47;/h7-27,29-30,54H,1-6H3;/q-1;. The number of hydrogen-bond acceptors (Lipinski definition) is 4. The Morgan fingerprint density at radius 1 is 0.643 bits per heavy atom. The Labute approximate surface area is 342 Å². The van der Waals surface area contributed by atoms with Crippen LogP contribution in [0.2, 0.25) is 0 Å². The van der Waals surface area contributed by atoms with Crippen LogP contribution in [0.4, 0.5) is 0 Å². The molecule has 9 aromatic rings. The van der Waals surface area contributed by atoms with E-state index >= 15 is 0 Å². The van der Waals surface area contributed by atoms with Gasteiger partial charge in [0.1, 0.15) is 22.7 Å². The molecule has 6 aromatic carbocycles. The van der Waals surface area contributed by atoms with Crippen LogP contribution in [-0.2, 0) is 31.9 Å². The Bertz CT molecular complexity index is 2890. The Hall–Kier alpha value is -5.77. The number of nitrogens with zero attached hydrogens (tertiary/aromatic N) is 3. The second-order valence-electron chi connectivity index (χ2n) is 16.4. The number of fused-ring (bicyclic) bond motifs is 4. The van der Waals surface area contributed by atoms with Gasteiger partial charge in [0, 0.05) is 55.0 Å². The van der Waals surface area contributed by atoms with Crippen LogP contribution in [0.15, 0.2) is 144 Å². The maximum atomic E-state index is 12.1. The fourth-order valence-corrected chi connectivity index (χ4v) is 7.63. The second kappa shape index (κ2) is 14.1. The summed E-state index contributed by atoms with van der Waals surface area (Å²) in [7, 11) is 0. The molecule has 0 bridgehead atoms. The van der Waals surface area contributed by atoms with Crippen molar-refractivity contribution in [1.82, 2.24) is 14.5 Å². The number of rotatable bonds is 5. The Balaban J connectivity index is 0.00000441. The van der Waals surface area contributed by atoms with Crippen LogP contribution < -0.4 is 0 Å². The molecule has 0 saturated carbocycles. The van der Waals surface area contributed by atoms with Gasteiger partial charge < -0.3 is 9.52 Å². The van der Waals surface area contributed by atoms with Crippen LogP contribution in [0.1, 0.15) is 52.7 Å². The zero-order valence-electron chi connectivity index (χ0n) is 32.3. The zero-order valence-corrected chi connectivity index (χ0v) is 34.6. The van der Waals surface area contributed by atoms with E-state index < -0.39 is 0 Å². The molecule has 1 N–H and O–H groups in total. The van der Waals surface area contributed by atoms with Crippen LogP contribution in [0, 0.1) is 6.07 Å². The van der Waals surface area contributed by atoms with Gasteiger partial charge in [0.15, 0.2) is 0 Å². The quantitative estimate of drug-likeness (QED) is 0.175. The first-order valence-electron chi connectivity index (χ1n) is 18.8. The molecule has 0 radical (unpaired) electrons. The summed E-state index contributed by atoms with van der Waals surface area (Å²) in [6, 6.07) is 49.5.